The normalized spacial score (nSPS) is 17.2. The molecule has 1 amide bonds. The van der Waals surface area contributed by atoms with E-state index < -0.39 is 10.8 Å². The largest absolute Gasteiger partial charge is 0.337 e. The second kappa shape index (κ2) is 5.65. The molecule has 1 aliphatic rings. The molecule has 1 heterocycles. The minimum Gasteiger partial charge on any atom is -0.337 e. The standard InChI is InChI=1S/C14H19NO2S/c1-11(2)12-3-5-13(6-4-12)14(16)15-7-9-18(17)10-8-15/h3-6,11H,7-10H2,1-2H3. The first-order valence-corrected chi connectivity index (χ1v) is 7.81. The molecule has 0 spiro atoms. The van der Waals surface area contributed by atoms with Gasteiger partial charge < -0.3 is 4.90 Å². The van der Waals surface area contributed by atoms with Gasteiger partial charge in [0.2, 0.25) is 0 Å². The third-order valence-corrected chi connectivity index (χ3v) is 4.57. The first kappa shape index (κ1) is 13.3. The number of nitrogens with zero attached hydrogens (tertiary/aromatic N) is 1. The van der Waals surface area contributed by atoms with Crippen LogP contribution in [0.25, 0.3) is 0 Å². The highest BCUT2D eigenvalue weighted by Crippen LogP contribution is 2.16. The summed E-state index contributed by atoms with van der Waals surface area (Å²) >= 11 is 0. The summed E-state index contributed by atoms with van der Waals surface area (Å²) in [5.41, 5.74) is 1.97. The molecule has 1 fully saturated rings. The van der Waals surface area contributed by atoms with Crippen LogP contribution in [0.4, 0.5) is 0 Å². The van der Waals surface area contributed by atoms with E-state index in [0.29, 0.717) is 30.5 Å². The highest BCUT2D eigenvalue weighted by Gasteiger charge is 2.21. The van der Waals surface area contributed by atoms with Crippen LogP contribution in [0.15, 0.2) is 24.3 Å². The average Bonchev–Trinajstić information content (AvgIpc) is 2.39. The maximum atomic E-state index is 12.2. The topological polar surface area (TPSA) is 37.4 Å². The molecular formula is C14H19NO2S. The summed E-state index contributed by atoms with van der Waals surface area (Å²) in [6.45, 7) is 5.49. The molecule has 0 radical (unpaired) electrons. The number of carbonyl (C=O) groups excluding carboxylic acids is 1. The Morgan fingerprint density at radius 1 is 1.17 bits per heavy atom. The van der Waals surface area contributed by atoms with Crippen LogP contribution in [-0.2, 0) is 10.8 Å². The Bertz CT molecular complexity index is 443. The van der Waals surface area contributed by atoms with Crippen molar-refractivity contribution in [1.29, 1.82) is 0 Å². The van der Waals surface area contributed by atoms with E-state index in [-0.39, 0.29) is 5.91 Å². The molecule has 1 aliphatic heterocycles. The van der Waals surface area contributed by atoms with Crippen LogP contribution in [0.5, 0.6) is 0 Å². The summed E-state index contributed by atoms with van der Waals surface area (Å²) in [4.78, 5) is 14.0. The predicted octanol–water partition coefficient (Wildman–Crippen LogP) is 2.01. The van der Waals surface area contributed by atoms with E-state index in [9.17, 15) is 9.00 Å². The van der Waals surface area contributed by atoms with Gasteiger partial charge in [0.25, 0.3) is 5.91 Å². The monoisotopic (exact) mass is 265 g/mol. The summed E-state index contributed by atoms with van der Waals surface area (Å²) < 4.78 is 11.3. The van der Waals surface area contributed by atoms with Crippen LogP contribution >= 0.6 is 0 Å². The predicted molar refractivity (Wildman–Crippen MR) is 74.3 cm³/mol. The summed E-state index contributed by atoms with van der Waals surface area (Å²) in [5, 5.41) is 0. The fourth-order valence-corrected chi connectivity index (χ4v) is 3.09. The zero-order chi connectivity index (χ0) is 13.1. The molecule has 0 unspecified atom stereocenters. The van der Waals surface area contributed by atoms with Crippen LogP contribution in [0.1, 0.15) is 35.7 Å². The van der Waals surface area contributed by atoms with Crippen molar-refractivity contribution in [2.75, 3.05) is 24.6 Å². The molecule has 0 atom stereocenters. The van der Waals surface area contributed by atoms with Gasteiger partial charge in [-0.05, 0) is 23.6 Å². The Labute approximate surface area is 111 Å². The van der Waals surface area contributed by atoms with Crippen LogP contribution < -0.4 is 0 Å². The molecule has 0 N–H and O–H groups in total. The van der Waals surface area contributed by atoms with Crippen molar-refractivity contribution in [3.63, 3.8) is 0 Å². The Kier molecular flexibility index (Phi) is 4.17. The summed E-state index contributed by atoms with van der Waals surface area (Å²) in [7, 11) is -0.738. The maximum absolute atomic E-state index is 12.2. The second-order valence-electron chi connectivity index (χ2n) is 4.92. The van der Waals surface area contributed by atoms with Gasteiger partial charge in [0.05, 0.1) is 0 Å². The van der Waals surface area contributed by atoms with E-state index in [2.05, 4.69) is 13.8 Å². The van der Waals surface area contributed by atoms with Crippen molar-refractivity contribution in [3.8, 4) is 0 Å². The molecule has 98 valence electrons. The Morgan fingerprint density at radius 3 is 2.22 bits per heavy atom. The average molecular weight is 265 g/mol. The lowest BCUT2D eigenvalue weighted by molar-refractivity contribution is 0.0771. The van der Waals surface area contributed by atoms with Crippen molar-refractivity contribution >= 4 is 16.7 Å². The molecule has 0 aromatic heterocycles. The second-order valence-corrected chi connectivity index (χ2v) is 6.61. The maximum Gasteiger partial charge on any atom is 0.253 e. The van der Waals surface area contributed by atoms with Gasteiger partial charge in [-0.3, -0.25) is 9.00 Å². The molecular weight excluding hydrogens is 246 g/mol. The summed E-state index contributed by atoms with van der Waals surface area (Å²) in [5.74, 6) is 1.75. The number of benzene rings is 1. The van der Waals surface area contributed by atoms with Gasteiger partial charge in [-0.15, -0.1) is 0 Å². The van der Waals surface area contributed by atoms with Gasteiger partial charge in [0.15, 0.2) is 0 Å². The zero-order valence-electron chi connectivity index (χ0n) is 10.9. The number of hydrogen-bond donors (Lipinski definition) is 0. The van der Waals surface area contributed by atoms with Crippen LogP contribution in [0, 0.1) is 0 Å². The Hall–Kier alpha value is -1.16. The van der Waals surface area contributed by atoms with E-state index in [0.717, 1.165) is 5.56 Å². The van der Waals surface area contributed by atoms with E-state index in [1.807, 2.05) is 24.3 Å². The van der Waals surface area contributed by atoms with Crippen molar-refractivity contribution in [1.82, 2.24) is 4.90 Å². The number of amides is 1. The van der Waals surface area contributed by atoms with Crippen molar-refractivity contribution in [2.24, 2.45) is 0 Å². The van der Waals surface area contributed by atoms with Crippen LogP contribution in [-0.4, -0.2) is 39.6 Å². The van der Waals surface area contributed by atoms with E-state index in [1.54, 1.807) is 4.90 Å². The van der Waals surface area contributed by atoms with E-state index in [4.69, 9.17) is 0 Å². The molecule has 0 aliphatic carbocycles. The van der Waals surface area contributed by atoms with Gasteiger partial charge in [-0.1, -0.05) is 26.0 Å². The molecule has 3 nitrogen and oxygen atoms in total. The molecule has 1 saturated heterocycles. The number of carbonyl (C=O) groups is 1. The fourth-order valence-electron chi connectivity index (χ4n) is 2.03. The van der Waals surface area contributed by atoms with Crippen LogP contribution in [0.2, 0.25) is 0 Å². The fraction of sp³-hybridized carbons (Fsp3) is 0.500. The van der Waals surface area contributed by atoms with Crippen molar-refractivity contribution in [2.45, 2.75) is 19.8 Å². The van der Waals surface area contributed by atoms with Gasteiger partial charge in [-0.25, -0.2) is 0 Å². The molecule has 1 aromatic rings. The summed E-state index contributed by atoms with van der Waals surface area (Å²) in [6, 6.07) is 7.81. The summed E-state index contributed by atoms with van der Waals surface area (Å²) in [6.07, 6.45) is 0. The van der Waals surface area contributed by atoms with Gasteiger partial charge in [-0.2, -0.15) is 0 Å². The molecule has 4 heteroatoms. The third-order valence-electron chi connectivity index (χ3n) is 3.29. The highest BCUT2D eigenvalue weighted by atomic mass is 32.2. The Morgan fingerprint density at radius 2 is 1.72 bits per heavy atom. The number of hydrogen-bond acceptors (Lipinski definition) is 2. The lowest BCUT2D eigenvalue weighted by atomic mass is 10.0. The lowest BCUT2D eigenvalue weighted by Gasteiger charge is -2.26. The van der Waals surface area contributed by atoms with E-state index >= 15 is 0 Å². The highest BCUT2D eigenvalue weighted by molar-refractivity contribution is 7.85. The van der Waals surface area contributed by atoms with Gasteiger partial charge in [0, 0.05) is 41.0 Å². The third kappa shape index (κ3) is 2.99. The van der Waals surface area contributed by atoms with Crippen LogP contribution in [0.3, 0.4) is 0 Å². The van der Waals surface area contributed by atoms with Gasteiger partial charge in [0.1, 0.15) is 0 Å². The SMILES string of the molecule is CC(C)c1ccc(C(=O)N2CCS(=O)CC2)cc1. The quantitative estimate of drug-likeness (QED) is 0.820. The van der Waals surface area contributed by atoms with Crippen molar-refractivity contribution < 1.29 is 9.00 Å². The molecule has 0 saturated carbocycles. The number of rotatable bonds is 2. The molecule has 0 bridgehead atoms. The molecule has 2 rings (SSSR count). The van der Waals surface area contributed by atoms with Crippen molar-refractivity contribution in [3.05, 3.63) is 35.4 Å². The van der Waals surface area contributed by atoms with Gasteiger partial charge >= 0.3 is 0 Å². The first-order chi connectivity index (χ1) is 8.58. The minimum atomic E-state index is -0.738. The smallest absolute Gasteiger partial charge is 0.253 e. The Balaban J connectivity index is 2.07. The van der Waals surface area contributed by atoms with E-state index in [1.165, 1.54) is 5.56 Å². The zero-order valence-corrected chi connectivity index (χ0v) is 11.7. The lowest BCUT2D eigenvalue weighted by Crippen LogP contribution is -2.41. The minimum absolute atomic E-state index is 0.0574. The molecule has 1 aromatic carbocycles. The molecule has 18 heavy (non-hydrogen) atoms. The first-order valence-electron chi connectivity index (χ1n) is 6.32.